The van der Waals surface area contributed by atoms with Gasteiger partial charge in [-0.2, -0.15) is 0 Å². The summed E-state index contributed by atoms with van der Waals surface area (Å²) in [7, 11) is 0. The summed E-state index contributed by atoms with van der Waals surface area (Å²) in [5.74, 6) is 0.501. The van der Waals surface area contributed by atoms with Crippen LogP contribution in [0.25, 0.3) is 0 Å². The van der Waals surface area contributed by atoms with E-state index in [0.29, 0.717) is 0 Å². The van der Waals surface area contributed by atoms with E-state index in [2.05, 4.69) is 0 Å². The molecule has 0 bridgehead atoms. The minimum Gasteiger partial charge on any atom is -0.508 e. The van der Waals surface area contributed by atoms with Gasteiger partial charge in [0, 0.05) is 16.5 Å². The quantitative estimate of drug-likeness (QED) is 0.837. The van der Waals surface area contributed by atoms with Crippen molar-refractivity contribution < 1.29 is 10.2 Å². The number of aromatic hydroxyl groups is 2. The van der Waals surface area contributed by atoms with Crippen molar-refractivity contribution >= 4 is 0 Å². The molecule has 1 aliphatic carbocycles. The molecule has 2 aromatic carbocycles. The lowest BCUT2D eigenvalue weighted by molar-refractivity contribution is 0.435. The second-order valence-electron chi connectivity index (χ2n) is 5.72. The smallest absolute Gasteiger partial charge is 0.119 e. The van der Waals surface area contributed by atoms with Crippen molar-refractivity contribution in [2.24, 2.45) is 0 Å². The van der Waals surface area contributed by atoms with E-state index in [4.69, 9.17) is 0 Å². The fourth-order valence-corrected chi connectivity index (χ4v) is 2.15. The third-order valence-corrected chi connectivity index (χ3v) is 3.51. The topological polar surface area (TPSA) is 40.5 Å². The Hall–Kier alpha value is -1.96. The van der Waals surface area contributed by atoms with Crippen LogP contribution in [0.3, 0.4) is 0 Å². The van der Waals surface area contributed by atoms with Crippen molar-refractivity contribution in [2.75, 3.05) is 0 Å². The first-order valence-corrected chi connectivity index (χ1v) is 7.10. The number of hydrogen-bond donors (Lipinski definition) is 2. The molecule has 1 aliphatic rings. The third kappa shape index (κ3) is 3.32. The number of phenolic OH excluding ortho intramolecular Hbond substituents is 2. The molecule has 0 aromatic heterocycles. The Balaban J connectivity index is 0.000000432. The average molecular weight is 270 g/mol. The predicted octanol–water partition coefficient (Wildman–Crippen LogP) is 4.59. The first-order valence-electron chi connectivity index (χ1n) is 7.10. The Bertz CT molecular complexity index is 521. The summed E-state index contributed by atoms with van der Waals surface area (Å²) in [5.41, 5.74) is 1.18. The number of rotatable bonds is 2. The molecular weight excluding hydrogens is 248 g/mol. The van der Waals surface area contributed by atoms with Crippen molar-refractivity contribution in [3.8, 4) is 11.5 Å². The standard InChI is InChI=1S/C15H16O2.C3H6/c1-15(2,11-7-3-5-9-13(11)16)12-8-4-6-10-14(12)17;1-2-3-1/h3-10,16-17H,1-2H3;1-3H2. The lowest BCUT2D eigenvalue weighted by Gasteiger charge is -2.27. The lowest BCUT2D eigenvalue weighted by Crippen LogP contribution is -2.19. The first kappa shape index (κ1) is 14.4. The molecular formula is C18H22O2. The summed E-state index contributed by atoms with van der Waals surface area (Å²) >= 11 is 0. The van der Waals surface area contributed by atoms with Crippen molar-refractivity contribution in [2.45, 2.75) is 38.5 Å². The van der Waals surface area contributed by atoms with Gasteiger partial charge in [-0.05, 0) is 12.1 Å². The number of para-hydroxylation sites is 2. The Labute approximate surface area is 120 Å². The van der Waals surface area contributed by atoms with Gasteiger partial charge in [0.25, 0.3) is 0 Å². The Morgan fingerprint density at radius 1 is 0.700 bits per heavy atom. The molecule has 0 aliphatic heterocycles. The van der Waals surface area contributed by atoms with E-state index in [1.54, 1.807) is 24.3 Å². The molecule has 2 heteroatoms. The van der Waals surface area contributed by atoms with Crippen LogP contribution in [0.4, 0.5) is 0 Å². The van der Waals surface area contributed by atoms with Crippen LogP contribution in [0.15, 0.2) is 48.5 Å². The molecule has 0 amide bonds. The molecule has 1 saturated carbocycles. The summed E-state index contributed by atoms with van der Waals surface area (Å²) in [6.07, 6.45) is 4.50. The van der Waals surface area contributed by atoms with Gasteiger partial charge in [0.15, 0.2) is 0 Å². The van der Waals surface area contributed by atoms with Gasteiger partial charge in [-0.1, -0.05) is 69.5 Å². The Morgan fingerprint density at radius 3 is 1.35 bits per heavy atom. The summed E-state index contributed by atoms with van der Waals surface area (Å²) < 4.78 is 0. The van der Waals surface area contributed by atoms with Gasteiger partial charge in [-0.25, -0.2) is 0 Å². The Kier molecular flexibility index (Phi) is 4.33. The molecule has 0 spiro atoms. The van der Waals surface area contributed by atoms with E-state index in [1.165, 1.54) is 19.3 Å². The van der Waals surface area contributed by atoms with E-state index in [-0.39, 0.29) is 11.5 Å². The van der Waals surface area contributed by atoms with E-state index < -0.39 is 5.41 Å². The van der Waals surface area contributed by atoms with Gasteiger partial charge < -0.3 is 10.2 Å². The fourth-order valence-electron chi connectivity index (χ4n) is 2.15. The zero-order chi connectivity index (χ0) is 14.6. The minimum absolute atomic E-state index is 0.251. The molecule has 0 atom stereocenters. The van der Waals surface area contributed by atoms with Gasteiger partial charge in [0.2, 0.25) is 0 Å². The maximum atomic E-state index is 9.92. The summed E-state index contributed by atoms with van der Waals surface area (Å²) in [6, 6.07) is 14.4. The molecule has 20 heavy (non-hydrogen) atoms. The minimum atomic E-state index is -0.434. The van der Waals surface area contributed by atoms with Crippen LogP contribution in [0.2, 0.25) is 0 Å². The van der Waals surface area contributed by atoms with Crippen molar-refractivity contribution in [1.29, 1.82) is 0 Å². The summed E-state index contributed by atoms with van der Waals surface area (Å²) in [6.45, 7) is 3.97. The Morgan fingerprint density at radius 2 is 1.05 bits per heavy atom. The largest absolute Gasteiger partial charge is 0.508 e. The molecule has 2 aromatic rings. The molecule has 3 rings (SSSR count). The molecule has 0 unspecified atom stereocenters. The molecule has 0 saturated heterocycles. The highest BCUT2D eigenvalue weighted by atomic mass is 16.3. The van der Waals surface area contributed by atoms with Gasteiger partial charge in [-0.15, -0.1) is 0 Å². The molecule has 0 radical (unpaired) electrons. The molecule has 106 valence electrons. The van der Waals surface area contributed by atoms with Gasteiger partial charge >= 0.3 is 0 Å². The zero-order valence-electron chi connectivity index (χ0n) is 12.1. The van der Waals surface area contributed by atoms with Gasteiger partial charge in [0.05, 0.1) is 0 Å². The van der Waals surface area contributed by atoms with E-state index >= 15 is 0 Å². The van der Waals surface area contributed by atoms with Crippen LogP contribution in [0, 0.1) is 0 Å². The molecule has 2 N–H and O–H groups in total. The first-order chi connectivity index (χ1) is 9.53. The number of phenols is 2. The highest BCUT2D eigenvalue weighted by Crippen LogP contribution is 2.39. The SMILES string of the molecule is C1CC1.CC(C)(c1ccccc1O)c1ccccc1O. The van der Waals surface area contributed by atoms with Crippen molar-refractivity contribution in [3.63, 3.8) is 0 Å². The highest BCUT2D eigenvalue weighted by Gasteiger charge is 2.28. The van der Waals surface area contributed by atoms with Gasteiger partial charge in [-0.3, -0.25) is 0 Å². The second kappa shape index (κ2) is 6.00. The van der Waals surface area contributed by atoms with E-state index in [1.807, 2.05) is 38.1 Å². The van der Waals surface area contributed by atoms with Gasteiger partial charge in [0.1, 0.15) is 11.5 Å². The van der Waals surface area contributed by atoms with Crippen molar-refractivity contribution in [1.82, 2.24) is 0 Å². The maximum Gasteiger partial charge on any atom is 0.119 e. The van der Waals surface area contributed by atoms with Crippen LogP contribution < -0.4 is 0 Å². The van der Waals surface area contributed by atoms with E-state index in [0.717, 1.165) is 11.1 Å². The van der Waals surface area contributed by atoms with Crippen molar-refractivity contribution in [3.05, 3.63) is 59.7 Å². The van der Waals surface area contributed by atoms with Crippen LogP contribution in [0.1, 0.15) is 44.2 Å². The fraction of sp³-hybridized carbons (Fsp3) is 0.333. The van der Waals surface area contributed by atoms with Crippen LogP contribution >= 0.6 is 0 Å². The molecule has 0 heterocycles. The third-order valence-electron chi connectivity index (χ3n) is 3.51. The summed E-state index contributed by atoms with van der Waals surface area (Å²) in [5, 5.41) is 19.8. The number of hydrogen-bond acceptors (Lipinski definition) is 2. The molecule has 1 fully saturated rings. The normalized spacial score (nSPS) is 13.3. The average Bonchev–Trinajstić information content (AvgIpc) is 3.27. The van der Waals surface area contributed by atoms with Crippen LogP contribution in [0.5, 0.6) is 11.5 Å². The number of benzene rings is 2. The monoisotopic (exact) mass is 270 g/mol. The zero-order valence-corrected chi connectivity index (χ0v) is 12.1. The lowest BCUT2D eigenvalue weighted by atomic mass is 9.77. The summed E-state index contributed by atoms with van der Waals surface area (Å²) in [4.78, 5) is 0. The predicted molar refractivity (Wildman–Crippen MR) is 82.2 cm³/mol. The highest BCUT2D eigenvalue weighted by molar-refractivity contribution is 5.49. The molecule has 2 nitrogen and oxygen atoms in total. The van der Waals surface area contributed by atoms with Crippen LogP contribution in [-0.2, 0) is 5.41 Å². The maximum absolute atomic E-state index is 9.92. The second-order valence-corrected chi connectivity index (χ2v) is 5.72. The van der Waals surface area contributed by atoms with E-state index in [9.17, 15) is 10.2 Å². The van der Waals surface area contributed by atoms with Crippen LogP contribution in [-0.4, -0.2) is 10.2 Å².